The lowest BCUT2D eigenvalue weighted by Gasteiger charge is -2.44. The molecule has 0 bridgehead atoms. The number of methoxy groups -OCH3 is 1. The molecule has 14 nitrogen and oxygen atoms in total. The van der Waals surface area contributed by atoms with Gasteiger partial charge in [-0.1, -0.05) is 24.3 Å². The molecule has 0 spiro atoms. The van der Waals surface area contributed by atoms with Gasteiger partial charge in [-0.15, -0.1) is 11.8 Å². The average molecular weight is 667 g/mol. The minimum Gasteiger partial charge on any atom is -0.507 e. The number of thioether (sulfide) groups is 1. The van der Waals surface area contributed by atoms with Gasteiger partial charge in [0.05, 0.1) is 18.2 Å². The molecule has 254 valence electrons. The number of carbonyl (C=O) groups is 3. The minimum absolute atomic E-state index is 0.0371. The Morgan fingerprint density at radius 2 is 1.61 bits per heavy atom. The number of aliphatic hydroxyl groups excluding tert-OH is 3. The third kappa shape index (κ3) is 9.54. The van der Waals surface area contributed by atoms with E-state index in [4.69, 9.17) is 24.4 Å². The fourth-order valence-corrected chi connectivity index (χ4v) is 6.08. The molecule has 2 fully saturated rings. The van der Waals surface area contributed by atoms with Crippen molar-refractivity contribution in [3.63, 3.8) is 0 Å². The first kappa shape index (κ1) is 37.0. The van der Waals surface area contributed by atoms with Crippen LogP contribution in [-0.4, -0.2) is 134 Å². The number of likely N-dealkylation sites (tertiary alicyclic amines) is 1. The van der Waals surface area contributed by atoms with E-state index >= 15 is 0 Å². The van der Waals surface area contributed by atoms with Crippen molar-refractivity contribution in [2.75, 3.05) is 33.1 Å². The maximum Gasteiger partial charge on any atom is 0.341 e. The van der Waals surface area contributed by atoms with Gasteiger partial charge in [0.2, 0.25) is 5.91 Å². The van der Waals surface area contributed by atoms with E-state index in [1.807, 2.05) is 11.9 Å². The molecule has 8 unspecified atom stereocenters. The zero-order chi connectivity index (χ0) is 34.0. The van der Waals surface area contributed by atoms with Gasteiger partial charge in [-0.05, 0) is 57.6 Å². The highest BCUT2D eigenvalue weighted by atomic mass is 32.2. The number of phenolic OH excluding ortho intramolecular Hbond substituents is 1. The number of nitrogens with one attached hydrogen (secondary N) is 1. The third-order valence-electron chi connectivity index (χ3n) is 7.83. The number of hydrogen-bond donors (Lipinski definition) is 7. The Labute approximate surface area is 270 Å². The highest BCUT2D eigenvalue weighted by Crippen LogP contribution is 2.31. The smallest absolute Gasteiger partial charge is 0.341 e. The molecule has 1 amide bonds. The van der Waals surface area contributed by atoms with Crippen molar-refractivity contribution in [3.05, 3.63) is 59.7 Å². The van der Waals surface area contributed by atoms with E-state index in [9.17, 15) is 34.8 Å². The molecule has 8 atom stereocenters. The van der Waals surface area contributed by atoms with Gasteiger partial charge in [0.15, 0.2) is 0 Å². The molecule has 0 radical (unpaired) electrons. The molecule has 2 aliphatic heterocycles. The monoisotopic (exact) mass is 666 g/mol. The number of aliphatic hydroxyl groups is 3. The molecule has 2 saturated heterocycles. The second kappa shape index (κ2) is 17.5. The van der Waals surface area contributed by atoms with E-state index in [1.54, 1.807) is 31.2 Å². The first-order valence-electron chi connectivity index (χ1n) is 14.7. The van der Waals surface area contributed by atoms with Crippen LogP contribution in [0.5, 0.6) is 11.5 Å². The Kier molecular flexibility index (Phi) is 14.1. The number of carboxylic acid groups (broad SMARTS) is 1. The molecule has 2 aromatic rings. The molecule has 15 heteroatoms. The summed E-state index contributed by atoms with van der Waals surface area (Å²) in [4.78, 5) is 37.3. The lowest BCUT2D eigenvalue weighted by molar-refractivity contribution is -0.212. The highest BCUT2D eigenvalue weighted by Gasteiger charge is 2.49. The first-order valence-corrected chi connectivity index (χ1v) is 15.7. The second-order valence-electron chi connectivity index (χ2n) is 10.9. The van der Waals surface area contributed by atoms with E-state index in [-0.39, 0.29) is 46.9 Å². The van der Waals surface area contributed by atoms with E-state index in [2.05, 4.69) is 5.32 Å². The molecule has 4 rings (SSSR count). The maximum absolute atomic E-state index is 13.0. The van der Waals surface area contributed by atoms with Gasteiger partial charge in [-0.3, -0.25) is 9.69 Å². The number of ether oxygens (including phenoxy) is 3. The number of phenols is 2. The Morgan fingerprint density at radius 1 is 1.00 bits per heavy atom. The number of esters is 1. The maximum atomic E-state index is 13.0. The normalized spacial score (nSPS) is 25.9. The predicted octanol–water partition coefficient (Wildman–Crippen LogP) is 0.794. The molecule has 2 aromatic carbocycles. The summed E-state index contributed by atoms with van der Waals surface area (Å²) in [6.45, 7) is 2.48. The van der Waals surface area contributed by atoms with Crippen LogP contribution >= 0.6 is 11.8 Å². The number of para-hydroxylation sites is 2. The summed E-state index contributed by atoms with van der Waals surface area (Å²) in [6.07, 6.45) is -4.42. The number of hydrogen-bond acceptors (Lipinski definition) is 13. The van der Waals surface area contributed by atoms with Crippen LogP contribution < -0.4 is 5.32 Å². The van der Waals surface area contributed by atoms with Gasteiger partial charge < -0.3 is 50.2 Å². The Morgan fingerprint density at radius 3 is 2.13 bits per heavy atom. The number of carbonyl (C=O) groups excluding carboxylic acids is 2. The van der Waals surface area contributed by atoms with Crippen LogP contribution in [0.25, 0.3) is 0 Å². The molecule has 7 N–H and O–H groups in total. The average Bonchev–Trinajstić information content (AvgIpc) is 3.47. The van der Waals surface area contributed by atoms with Gasteiger partial charge in [-0.25, -0.2) is 9.59 Å². The summed E-state index contributed by atoms with van der Waals surface area (Å²) < 4.78 is 16.6. The number of rotatable bonds is 11. The summed E-state index contributed by atoms with van der Waals surface area (Å²) in [5.74, 6) is -2.21. The van der Waals surface area contributed by atoms with Crippen LogP contribution in [0.15, 0.2) is 48.5 Å². The Balaban J connectivity index is 0.000000489. The summed E-state index contributed by atoms with van der Waals surface area (Å²) in [6, 6.07) is 10.7. The van der Waals surface area contributed by atoms with Crippen LogP contribution in [0.3, 0.4) is 0 Å². The van der Waals surface area contributed by atoms with Crippen molar-refractivity contribution in [1.82, 2.24) is 10.2 Å². The number of aromatic hydroxyl groups is 2. The van der Waals surface area contributed by atoms with Gasteiger partial charge in [0, 0.05) is 12.9 Å². The molecule has 0 saturated carbocycles. The highest BCUT2D eigenvalue weighted by molar-refractivity contribution is 7.99. The lowest BCUT2D eigenvalue weighted by atomic mass is 9.92. The molecular weight excluding hydrogens is 624 g/mol. The molecule has 0 aliphatic carbocycles. The van der Waals surface area contributed by atoms with Crippen molar-refractivity contribution in [2.45, 2.75) is 67.8 Å². The summed E-state index contributed by atoms with van der Waals surface area (Å²) >= 11 is 1.09. The molecule has 2 aliphatic rings. The van der Waals surface area contributed by atoms with E-state index in [0.717, 1.165) is 24.7 Å². The molecule has 2 heterocycles. The van der Waals surface area contributed by atoms with Crippen LogP contribution in [0, 0.1) is 0 Å². The van der Waals surface area contributed by atoms with Crippen molar-refractivity contribution >= 4 is 29.6 Å². The SMILES string of the molecule is COC(C)C(NC(=O)C1CCCN1C)C1OC(SCCOC(=O)c2ccccc2O)C(O)C(O)C1O.O=C(O)c1ccccc1O. The quantitative estimate of drug-likeness (QED) is 0.130. The van der Waals surface area contributed by atoms with Crippen LogP contribution in [0.4, 0.5) is 0 Å². The van der Waals surface area contributed by atoms with Gasteiger partial charge in [0.1, 0.15) is 59.1 Å². The summed E-state index contributed by atoms with van der Waals surface area (Å²) in [5.41, 5.74) is -0.993. The summed E-state index contributed by atoms with van der Waals surface area (Å²) in [7, 11) is 3.34. The van der Waals surface area contributed by atoms with Crippen molar-refractivity contribution in [3.8, 4) is 11.5 Å². The fraction of sp³-hybridized carbons (Fsp3) is 0.516. The van der Waals surface area contributed by atoms with E-state index in [1.165, 1.54) is 31.4 Å². The Bertz CT molecular complexity index is 1320. The number of amides is 1. The number of aromatic carboxylic acids is 1. The molecule has 0 aromatic heterocycles. The minimum atomic E-state index is -1.53. The van der Waals surface area contributed by atoms with Crippen LogP contribution in [-0.2, 0) is 19.0 Å². The predicted molar refractivity (Wildman–Crippen MR) is 167 cm³/mol. The van der Waals surface area contributed by atoms with E-state index in [0.29, 0.717) is 6.42 Å². The first-order chi connectivity index (χ1) is 21.9. The fourth-order valence-electron chi connectivity index (χ4n) is 5.10. The molecular formula is C31H42N2O12S. The van der Waals surface area contributed by atoms with Crippen molar-refractivity contribution < 1.29 is 59.2 Å². The standard InChI is InChI=1S/C24H36N2O9S.C7H6O3/c1-13(33-3)17(25-22(31)15-8-6-10-26(15)2)21-19(29)18(28)20(30)24(35-21)36-12-11-34-23(32)14-7-4-5-9-16(14)27;8-6-4-2-1-3-5(6)7(9)10/h4-5,7,9,13,15,17-21,24,27-30H,6,8,10-12H2,1-3H3,(H,25,31);1-4,8H,(H,9,10). The van der Waals surface area contributed by atoms with Crippen molar-refractivity contribution in [2.24, 2.45) is 0 Å². The number of carboxylic acids is 1. The largest absolute Gasteiger partial charge is 0.507 e. The third-order valence-corrected chi connectivity index (χ3v) is 8.95. The van der Waals surface area contributed by atoms with Gasteiger partial charge in [-0.2, -0.15) is 0 Å². The van der Waals surface area contributed by atoms with Crippen LogP contribution in [0.1, 0.15) is 40.5 Å². The number of likely N-dealkylation sites (N-methyl/N-ethyl adjacent to an activating group) is 1. The zero-order valence-corrected chi connectivity index (χ0v) is 26.6. The van der Waals surface area contributed by atoms with Gasteiger partial charge in [0.25, 0.3) is 0 Å². The van der Waals surface area contributed by atoms with Crippen LogP contribution in [0.2, 0.25) is 0 Å². The molecule has 46 heavy (non-hydrogen) atoms. The number of benzene rings is 2. The Hall–Kier alpha value is -3.44. The van der Waals surface area contributed by atoms with Gasteiger partial charge >= 0.3 is 11.9 Å². The number of nitrogens with zero attached hydrogens (tertiary/aromatic N) is 1. The zero-order valence-electron chi connectivity index (χ0n) is 25.8. The summed E-state index contributed by atoms with van der Waals surface area (Å²) in [5, 5.41) is 61.7. The lowest BCUT2D eigenvalue weighted by Crippen LogP contribution is -2.66. The second-order valence-corrected chi connectivity index (χ2v) is 12.1. The topological polar surface area (TPSA) is 216 Å². The van der Waals surface area contributed by atoms with E-state index < -0.39 is 53.9 Å². The van der Waals surface area contributed by atoms with Crippen molar-refractivity contribution in [1.29, 1.82) is 0 Å².